The van der Waals surface area contributed by atoms with Crippen LogP contribution in [-0.4, -0.2) is 64.6 Å². The highest BCUT2D eigenvalue weighted by Crippen LogP contribution is 2.34. The molecule has 0 saturated heterocycles. The van der Waals surface area contributed by atoms with Crippen LogP contribution in [0.15, 0.2) is 47.4 Å². The van der Waals surface area contributed by atoms with Crippen molar-refractivity contribution in [1.29, 1.82) is 0 Å². The van der Waals surface area contributed by atoms with Gasteiger partial charge in [0.05, 0.1) is 24.7 Å². The van der Waals surface area contributed by atoms with Gasteiger partial charge < -0.3 is 29.8 Å². The van der Waals surface area contributed by atoms with E-state index >= 15 is 0 Å². The van der Waals surface area contributed by atoms with Crippen LogP contribution < -0.4 is 16.2 Å². The molecule has 11 nitrogen and oxygen atoms in total. The van der Waals surface area contributed by atoms with Gasteiger partial charge in [-0.05, 0) is 73.9 Å². The van der Waals surface area contributed by atoms with Gasteiger partial charge in [-0.2, -0.15) is 0 Å². The number of carbonyl (C=O) groups is 3. The van der Waals surface area contributed by atoms with Crippen LogP contribution >= 0.6 is 0 Å². The lowest BCUT2D eigenvalue weighted by Gasteiger charge is -2.17. The number of hydrogen-bond donors (Lipinski definition) is 3. The maximum Gasteiger partial charge on any atom is 0.407 e. The molecule has 3 amide bonds. The molecule has 0 bridgehead atoms. The van der Waals surface area contributed by atoms with Crippen LogP contribution in [0.5, 0.6) is 0 Å². The van der Waals surface area contributed by atoms with E-state index in [2.05, 4.69) is 25.3 Å². The van der Waals surface area contributed by atoms with E-state index in [-0.39, 0.29) is 30.4 Å². The number of fused-ring (bicyclic) bond motifs is 1. The highest BCUT2D eigenvalue weighted by molar-refractivity contribution is 5.96. The van der Waals surface area contributed by atoms with Gasteiger partial charge in [-0.1, -0.05) is 6.08 Å². The number of nitrogens with zero attached hydrogens (tertiary/aromatic N) is 3. The summed E-state index contributed by atoms with van der Waals surface area (Å²) < 4.78 is 20.2. The van der Waals surface area contributed by atoms with E-state index in [1.807, 2.05) is 0 Å². The highest BCUT2D eigenvalue weighted by atomic mass is 19.1. The zero-order chi connectivity index (χ0) is 28.8. The minimum Gasteiger partial charge on any atom is -0.453 e. The molecule has 1 saturated carbocycles. The number of imidazole rings is 1. The van der Waals surface area contributed by atoms with Gasteiger partial charge in [-0.3, -0.25) is 14.4 Å². The van der Waals surface area contributed by atoms with Crippen molar-refractivity contribution in [2.75, 3.05) is 26.5 Å². The fraction of sp³-hybridized carbons (Fsp3) is 0.393. The van der Waals surface area contributed by atoms with Gasteiger partial charge in [0.1, 0.15) is 23.4 Å². The van der Waals surface area contributed by atoms with E-state index in [0.29, 0.717) is 29.2 Å². The van der Waals surface area contributed by atoms with Gasteiger partial charge in [0.15, 0.2) is 0 Å². The smallest absolute Gasteiger partial charge is 0.407 e. The molecule has 1 unspecified atom stereocenters. The van der Waals surface area contributed by atoms with E-state index in [9.17, 15) is 23.6 Å². The number of anilines is 1. The number of likely N-dealkylation sites (N-methyl/N-ethyl adjacent to an activating group) is 1. The summed E-state index contributed by atoms with van der Waals surface area (Å²) in [6.45, 7) is 0.0796. The topological polar surface area (TPSA) is 138 Å². The Morgan fingerprint density at radius 3 is 2.77 bits per heavy atom. The average molecular weight is 553 g/mol. The number of rotatable bonds is 11. The van der Waals surface area contributed by atoms with Gasteiger partial charge in [-0.25, -0.2) is 14.2 Å². The normalized spacial score (nSPS) is 13.8. The molecule has 12 heteroatoms. The van der Waals surface area contributed by atoms with Crippen molar-refractivity contribution in [2.45, 2.75) is 44.7 Å². The summed E-state index contributed by atoms with van der Waals surface area (Å²) in [7, 11) is 4.42. The molecular formula is C28H33FN6O5. The minimum atomic E-state index is -1.02. The number of carbonyl (C=O) groups excluding carboxylic acids is 3. The Kier molecular flexibility index (Phi) is 8.97. The number of amides is 3. The van der Waals surface area contributed by atoms with Crippen LogP contribution in [0.2, 0.25) is 0 Å². The lowest BCUT2D eigenvalue weighted by molar-refractivity contribution is -0.123. The van der Waals surface area contributed by atoms with E-state index in [1.165, 1.54) is 40.9 Å². The van der Waals surface area contributed by atoms with Crippen LogP contribution in [0.4, 0.5) is 14.9 Å². The molecule has 1 fully saturated rings. The second kappa shape index (κ2) is 12.6. The first-order valence-corrected chi connectivity index (χ1v) is 13.0. The number of pyridine rings is 1. The lowest BCUT2D eigenvalue weighted by atomic mass is 10.1. The molecule has 3 aromatic rings. The van der Waals surface area contributed by atoms with E-state index in [4.69, 9.17) is 0 Å². The van der Waals surface area contributed by atoms with Gasteiger partial charge in [0.25, 0.3) is 5.56 Å². The number of aromatic amines is 1. The van der Waals surface area contributed by atoms with Crippen molar-refractivity contribution in [3.63, 3.8) is 0 Å². The van der Waals surface area contributed by atoms with Crippen LogP contribution in [0.1, 0.15) is 37.1 Å². The van der Waals surface area contributed by atoms with Crippen molar-refractivity contribution >= 4 is 34.6 Å². The molecule has 0 aliphatic heterocycles. The molecule has 0 radical (unpaired) electrons. The largest absolute Gasteiger partial charge is 0.453 e. The number of alkyl carbamates (subject to hydrolysis) is 1. The van der Waals surface area contributed by atoms with Crippen molar-refractivity contribution in [2.24, 2.45) is 5.92 Å². The predicted octanol–water partition coefficient (Wildman–Crippen LogP) is 2.95. The quantitative estimate of drug-likeness (QED) is 0.313. The maximum atomic E-state index is 14.2. The standard InChI is InChI=1S/C28H33FN6O5/c1-34(2)24(36)9-5-4-7-20(32-28(39)40-3)26(37)31-21-8-6-12-35(27(21)38)16-23-30-22-15-19(29)14-18(25(22)33-23)13-17-10-11-17/h5-6,8-9,12,14-15,17,20H,4,7,10-11,13,16H2,1-3H3,(H,30,33)(H,31,37)(H,32,39)/b9-5+. The molecule has 40 heavy (non-hydrogen) atoms. The molecule has 1 aliphatic carbocycles. The number of allylic oxidation sites excluding steroid dienone is 1. The number of nitrogens with one attached hydrogen (secondary N) is 3. The Morgan fingerprint density at radius 1 is 1.30 bits per heavy atom. The third kappa shape index (κ3) is 7.33. The zero-order valence-corrected chi connectivity index (χ0v) is 22.7. The number of ether oxygens (including phenoxy) is 1. The average Bonchev–Trinajstić information content (AvgIpc) is 3.64. The summed E-state index contributed by atoms with van der Waals surface area (Å²) in [5.74, 6) is -0.123. The number of methoxy groups -OCH3 is 1. The monoisotopic (exact) mass is 552 g/mol. The zero-order valence-electron chi connectivity index (χ0n) is 22.7. The molecule has 1 aliphatic rings. The van der Waals surface area contributed by atoms with E-state index in [0.717, 1.165) is 24.8 Å². The maximum absolute atomic E-state index is 14.2. The van der Waals surface area contributed by atoms with Crippen LogP contribution in [0, 0.1) is 11.7 Å². The van der Waals surface area contributed by atoms with Crippen molar-refractivity contribution in [3.8, 4) is 0 Å². The van der Waals surface area contributed by atoms with Crippen molar-refractivity contribution < 1.29 is 23.5 Å². The fourth-order valence-electron chi connectivity index (χ4n) is 4.27. The van der Waals surface area contributed by atoms with Crippen LogP contribution in [-0.2, 0) is 27.3 Å². The predicted molar refractivity (Wildman–Crippen MR) is 147 cm³/mol. The Balaban J connectivity index is 1.48. The molecule has 1 atom stereocenters. The molecule has 212 valence electrons. The van der Waals surface area contributed by atoms with Gasteiger partial charge in [-0.15, -0.1) is 0 Å². The SMILES string of the molecule is COC(=O)NC(CC/C=C/C(=O)N(C)C)C(=O)Nc1cccn(Cc2nc3c(CC4CC4)cc(F)cc3[nH]2)c1=O. The first-order chi connectivity index (χ1) is 19.1. The van der Waals surface area contributed by atoms with E-state index in [1.54, 1.807) is 32.4 Å². The molecule has 2 aromatic heterocycles. The molecule has 3 N–H and O–H groups in total. The summed E-state index contributed by atoms with van der Waals surface area (Å²) in [5.41, 5.74) is 1.64. The fourth-order valence-corrected chi connectivity index (χ4v) is 4.27. The Hall–Kier alpha value is -4.48. The van der Waals surface area contributed by atoms with Crippen LogP contribution in [0.3, 0.4) is 0 Å². The summed E-state index contributed by atoms with van der Waals surface area (Å²) in [6, 6.07) is 4.96. The number of halogens is 1. The first kappa shape index (κ1) is 28.5. The summed E-state index contributed by atoms with van der Waals surface area (Å²) in [4.78, 5) is 58.9. The van der Waals surface area contributed by atoms with Crippen molar-refractivity contribution in [1.82, 2.24) is 24.8 Å². The van der Waals surface area contributed by atoms with E-state index < -0.39 is 23.6 Å². The Morgan fingerprint density at radius 2 is 2.08 bits per heavy atom. The number of benzene rings is 1. The van der Waals surface area contributed by atoms with Crippen molar-refractivity contribution in [3.05, 3.63) is 70.2 Å². The third-order valence-electron chi connectivity index (χ3n) is 6.60. The summed E-state index contributed by atoms with van der Waals surface area (Å²) in [6.07, 6.45) is 7.25. The second-order valence-corrected chi connectivity index (χ2v) is 10.0. The lowest BCUT2D eigenvalue weighted by Crippen LogP contribution is -2.44. The first-order valence-electron chi connectivity index (χ1n) is 13.0. The number of H-pyrrole nitrogens is 1. The van der Waals surface area contributed by atoms with Gasteiger partial charge >= 0.3 is 6.09 Å². The van der Waals surface area contributed by atoms with Gasteiger partial charge in [0, 0.05) is 20.3 Å². The Bertz CT molecular complexity index is 1490. The Labute approximate surface area is 230 Å². The summed E-state index contributed by atoms with van der Waals surface area (Å²) in [5, 5.41) is 5.04. The third-order valence-corrected chi connectivity index (χ3v) is 6.60. The minimum absolute atomic E-state index is 0.0130. The van der Waals surface area contributed by atoms with Crippen LogP contribution in [0.25, 0.3) is 11.0 Å². The second-order valence-electron chi connectivity index (χ2n) is 10.0. The highest BCUT2D eigenvalue weighted by Gasteiger charge is 2.24. The molecule has 0 spiro atoms. The molecule has 1 aromatic carbocycles. The molecular weight excluding hydrogens is 519 g/mol. The number of aromatic nitrogens is 3. The summed E-state index contributed by atoms with van der Waals surface area (Å²) >= 11 is 0. The molecule has 4 rings (SSSR count). The van der Waals surface area contributed by atoms with Gasteiger partial charge in [0.2, 0.25) is 11.8 Å². The number of hydrogen-bond acceptors (Lipinski definition) is 6. The molecule has 2 heterocycles.